The van der Waals surface area contributed by atoms with Crippen molar-refractivity contribution in [3.05, 3.63) is 123 Å². The number of dihydropyridines is 1. The number of fused-ring (bicyclic) bond motifs is 1. The first-order chi connectivity index (χ1) is 20.7. The van der Waals surface area contributed by atoms with E-state index in [4.69, 9.17) is 13.9 Å². The van der Waals surface area contributed by atoms with Crippen molar-refractivity contribution in [1.82, 2.24) is 5.32 Å². The molecule has 8 heteroatoms. The summed E-state index contributed by atoms with van der Waals surface area (Å²) in [5.41, 5.74) is 4.33. The Kier molecular flexibility index (Phi) is 8.48. The average Bonchev–Trinajstić information content (AvgIpc) is 3.02. The smallest absolute Gasteiger partial charge is 0.336 e. The van der Waals surface area contributed by atoms with E-state index < -0.39 is 17.9 Å². The van der Waals surface area contributed by atoms with Crippen LogP contribution in [0.2, 0.25) is 0 Å². The minimum atomic E-state index is -0.911. The summed E-state index contributed by atoms with van der Waals surface area (Å²) in [4.78, 5) is 42.7. The first kappa shape index (κ1) is 29.4. The quantitative estimate of drug-likeness (QED) is 0.260. The summed E-state index contributed by atoms with van der Waals surface area (Å²) in [6.07, 6.45) is 0. The van der Waals surface area contributed by atoms with Gasteiger partial charge in [-0.25, -0.2) is 9.59 Å². The van der Waals surface area contributed by atoms with Crippen LogP contribution in [0.1, 0.15) is 30.9 Å². The third-order valence-corrected chi connectivity index (χ3v) is 7.76. The zero-order valence-electron chi connectivity index (χ0n) is 24.9. The molecule has 0 amide bonds. The molecular formula is C35H34N2O6. The zero-order valence-corrected chi connectivity index (χ0v) is 24.9. The lowest BCUT2D eigenvalue weighted by Gasteiger charge is -2.30. The Bertz CT molecular complexity index is 1810. The number of allylic oxidation sites excluding steroid dienone is 2. The van der Waals surface area contributed by atoms with Crippen LogP contribution in [-0.4, -0.2) is 39.2 Å². The molecule has 2 heterocycles. The molecule has 0 saturated heterocycles. The van der Waals surface area contributed by atoms with Crippen LogP contribution in [0.15, 0.2) is 111 Å². The molecule has 5 rings (SSSR count). The van der Waals surface area contributed by atoms with E-state index in [1.54, 1.807) is 39.0 Å². The van der Waals surface area contributed by atoms with Gasteiger partial charge in [-0.3, -0.25) is 4.79 Å². The third kappa shape index (κ3) is 5.68. The van der Waals surface area contributed by atoms with E-state index in [2.05, 4.69) is 5.32 Å². The molecule has 8 nitrogen and oxygen atoms in total. The van der Waals surface area contributed by atoms with Crippen molar-refractivity contribution in [2.75, 3.05) is 32.2 Å². The van der Waals surface area contributed by atoms with Crippen LogP contribution in [0.3, 0.4) is 0 Å². The fourth-order valence-electron chi connectivity index (χ4n) is 5.54. The molecule has 0 aliphatic carbocycles. The van der Waals surface area contributed by atoms with Crippen molar-refractivity contribution < 1.29 is 23.5 Å². The number of rotatable bonds is 8. The number of para-hydroxylation sites is 2. The number of methoxy groups -OCH3 is 1. The fourth-order valence-corrected chi connectivity index (χ4v) is 5.54. The van der Waals surface area contributed by atoms with Gasteiger partial charge in [0.1, 0.15) is 18.0 Å². The summed E-state index contributed by atoms with van der Waals surface area (Å²) in [6, 6.07) is 24.3. The number of carbonyl (C=O) groups excluding carboxylic acids is 2. The van der Waals surface area contributed by atoms with Crippen LogP contribution in [0, 0.1) is 6.92 Å². The molecule has 1 unspecified atom stereocenters. The number of carbonyl (C=O) groups is 2. The Hall–Kier alpha value is -5.11. The maximum atomic E-state index is 13.8. The van der Waals surface area contributed by atoms with Crippen molar-refractivity contribution in [3.63, 3.8) is 0 Å². The van der Waals surface area contributed by atoms with Crippen LogP contribution < -0.4 is 15.6 Å². The van der Waals surface area contributed by atoms with Crippen LogP contribution >= 0.6 is 0 Å². The van der Waals surface area contributed by atoms with Gasteiger partial charge in [0.05, 0.1) is 36.1 Å². The molecule has 1 aliphatic rings. The molecule has 1 aromatic heterocycles. The van der Waals surface area contributed by atoms with E-state index in [1.165, 1.54) is 7.11 Å². The predicted molar refractivity (Wildman–Crippen MR) is 167 cm³/mol. The molecule has 1 aliphatic heterocycles. The number of ether oxygens (including phenoxy) is 2. The Morgan fingerprint density at radius 1 is 0.860 bits per heavy atom. The normalized spacial score (nSPS) is 14.9. The van der Waals surface area contributed by atoms with Crippen molar-refractivity contribution >= 4 is 28.6 Å². The van der Waals surface area contributed by atoms with Crippen LogP contribution in [0.4, 0.5) is 5.69 Å². The van der Waals surface area contributed by atoms with Gasteiger partial charge in [-0.2, -0.15) is 0 Å². The highest BCUT2D eigenvalue weighted by atomic mass is 16.5. The summed E-state index contributed by atoms with van der Waals surface area (Å²) in [5.74, 6) is -1.67. The van der Waals surface area contributed by atoms with Crippen LogP contribution in [0.25, 0.3) is 22.3 Å². The van der Waals surface area contributed by atoms with E-state index in [1.807, 2.05) is 72.6 Å². The van der Waals surface area contributed by atoms with Gasteiger partial charge in [0.2, 0.25) is 0 Å². The number of nitrogens with zero attached hydrogens (tertiary/aromatic N) is 1. The van der Waals surface area contributed by atoms with E-state index in [-0.39, 0.29) is 23.2 Å². The summed E-state index contributed by atoms with van der Waals surface area (Å²) in [5, 5.41) is 3.51. The van der Waals surface area contributed by atoms with Crippen molar-refractivity contribution in [2.45, 2.75) is 26.7 Å². The lowest BCUT2D eigenvalue weighted by molar-refractivity contribution is -0.139. The molecule has 4 aromatic rings. The average molecular weight is 579 g/mol. The van der Waals surface area contributed by atoms with Gasteiger partial charge in [-0.15, -0.1) is 0 Å². The molecule has 0 bridgehead atoms. The molecular weight excluding hydrogens is 544 g/mol. The van der Waals surface area contributed by atoms with E-state index in [9.17, 15) is 14.4 Å². The molecule has 0 radical (unpaired) electrons. The highest BCUT2D eigenvalue weighted by Crippen LogP contribution is 2.42. The second-order valence-electron chi connectivity index (χ2n) is 10.5. The monoisotopic (exact) mass is 578 g/mol. The van der Waals surface area contributed by atoms with Gasteiger partial charge in [0.25, 0.3) is 0 Å². The highest BCUT2D eigenvalue weighted by molar-refractivity contribution is 6.01. The van der Waals surface area contributed by atoms with E-state index in [0.717, 1.165) is 11.3 Å². The van der Waals surface area contributed by atoms with Crippen LogP contribution in [0.5, 0.6) is 0 Å². The summed E-state index contributed by atoms with van der Waals surface area (Å²) in [7, 11) is 3.22. The largest absolute Gasteiger partial charge is 0.466 e. The molecule has 0 saturated carbocycles. The minimum Gasteiger partial charge on any atom is -0.466 e. The van der Waals surface area contributed by atoms with Gasteiger partial charge >= 0.3 is 11.9 Å². The summed E-state index contributed by atoms with van der Waals surface area (Å²) >= 11 is 0. The molecule has 3 aromatic carbocycles. The van der Waals surface area contributed by atoms with Crippen molar-refractivity contribution in [3.8, 4) is 11.3 Å². The van der Waals surface area contributed by atoms with E-state index in [0.29, 0.717) is 45.8 Å². The van der Waals surface area contributed by atoms with E-state index >= 15 is 0 Å². The van der Waals surface area contributed by atoms with Crippen molar-refractivity contribution in [2.24, 2.45) is 0 Å². The number of benzene rings is 3. The van der Waals surface area contributed by atoms with Crippen LogP contribution in [-0.2, 0) is 19.1 Å². The summed E-state index contributed by atoms with van der Waals surface area (Å²) in [6.45, 7) is 5.82. The Labute approximate surface area is 250 Å². The first-order valence-electron chi connectivity index (χ1n) is 14.0. The Balaban J connectivity index is 1.61. The Morgan fingerprint density at radius 2 is 1.49 bits per heavy atom. The molecule has 0 fully saturated rings. The second kappa shape index (κ2) is 12.4. The fraction of sp³-hybridized carbons (Fsp3) is 0.229. The number of anilines is 1. The van der Waals surface area contributed by atoms with Gasteiger partial charge in [0.15, 0.2) is 5.43 Å². The zero-order chi connectivity index (χ0) is 30.7. The first-order valence-corrected chi connectivity index (χ1v) is 14.0. The SMILES string of the molecule is COC(=O)C1=C(C)NC(C)=C(C(=O)OCCN(C)c2ccccc2)C1c1cccc2c(=O)c(C)c(-c3ccccc3)oc12. The van der Waals surface area contributed by atoms with Gasteiger partial charge in [0, 0.05) is 40.8 Å². The minimum absolute atomic E-state index is 0.117. The summed E-state index contributed by atoms with van der Waals surface area (Å²) < 4.78 is 17.5. The number of hydrogen-bond donors (Lipinski definition) is 1. The predicted octanol–water partition coefficient (Wildman–Crippen LogP) is 5.86. The molecule has 0 spiro atoms. The number of esters is 2. The molecule has 1 atom stereocenters. The molecule has 220 valence electrons. The van der Waals surface area contributed by atoms with Crippen molar-refractivity contribution in [1.29, 1.82) is 0 Å². The molecule has 43 heavy (non-hydrogen) atoms. The standard InChI is InChI=1S/C35H34N2O6/c1-21-31(38)27-18-12-17-26(33(27)43-32(21)24-13-8-6-9-14-24)30-28(34(39)41-5)22(2)36-23(3)29(30)35(40)42-20-19-37(4)25-15-10-7-11-16-25/h6-18,30,36H,19-20H2,1-5H3. The lowest BCUT2D eigenvalue weighted by atomic mass is 9.79. The molecule has 1 N–H and O–H groups in total. The topological polar surface area (TPSA) is 98.1 Å². The van der Waals surface area contributed by atoms with Gasteiger partial charge in [-0.05, 0) is 39.0 Å². The second-order valence-corrected chi connectivity index (χ2v) is 10.5. The number of hydrogen-bond acceptors (Lipinski definition) is 8. The van der Waals surface area contributed by atoms with Gasteiger partial charge in [-0.1, -0.05) is 60.7 Å². The van der Waals surface area contributed by atoms with Gasteiger partial charge < -0.3 is 24.1 Å². The number of likely N-dealkylation sites (N-methyl/N-ethyl adjacent to an activating group) is 1. The lowest BCUT2D eigenvalue weighted by Crippen LogP contribution is -2.33. The highest BCUT2D eigenvalue weighted by Gasteiger charge is 2.39. The Morgan fingerprint density at radius 3 is 2.14 bits per heavy atom. The number of nitrogens with one attached hydrogen (secondary N) is 1. The maximum Gasteiger partial charge on any atom is 0.336 e. The maximum absolute atomic E-state index is 13.8. The third-order valence-electron chi connectivity index (χ3n) is 7.76.